The van der Waals surface area contributed by atoms with Gasteiger partial charge in [0, 0.05) is 12.5 Å². The zero-order chi connectivity index (χ0) is 11.1. The molecule has 0 aromatic rings. The molecule has 0 radical (unpaired) electrons. The molecule has 1 unspecified atom stereocenters. The molecule has 0 aromatic heterocycles. The second kappa shape index (κ2) is 3.23. The molecule has 0 spiro atoms. The molecule has 0 saturated carbocycles. The fraction of sp³-hybridized carbons (Fsp3) is 0.909. The van der Waals surface area contributed by atoms with Gasteiger partial charge in [0.15, 0.2) is 0 Å². The number of carbonyl (C=O) groups excluding carboxylic acids is 1. The van der Waals surface area contributed by atoms with Crippen molar-refractivity contribution in [3.05, 3.63) is 0 Å². The van der Waals surface area contributed by atoms with Crippen molar-refractivity contribution in [3.63, 3.8) is 0 Å². The number of nitrogens with zero attached hydrogens (tertiary/aromatic N) is 1. The van der Waals surface area contributed by atoms with Crippen molar-refractivity contribution in [1.82, 2.24) is 10.4 Å². The van der Waals surface area contributed by atoms with Gasteiger partial charge in [-0.05, 0) is 26.2 Å². The van der Waals surface area contributed by atoms with Gasteiger partial charge in [0.1, 0.15) is 0 Å². The van der Waals surface area contributed by atoms with Gasteiger partial charge in [-0.25, -0.2) is 5.43 Å². The fourth-order valence-corrected chi connectivity index (χ4v) is 1.61. The average molecular weight is 198 g/mol. The highest BCUT2D eigenvalue weighted by atomic mass is 16.2. The standard InChI is InChI=1S/C11H22N2O/c1-10(2,3)8-7-9(14)13(12-8)11(4,5)6/h8,12H,7H2,1-6H3. The van der Waals surface area contributed by atoms with E-state index in [0.29, 0.717) is 6.42 Å². The lowest BCUT2D eigenvalue weighted by Gasteiger charge is -2.34. The monoisotopic (exact) mass is 198 g/mol. The summed E-state index contributed by atoms with van der Waals surface area (Å²) in [6, 6.07) is 0.259. The minimum atomic E-state index is -0.128. The van der Waals surface area contributed by atoms with Crippen LogP contribution in [0.1, 0.15) is 48.0 Å². The molecule has 1 aliphatic heterocycles. The Labute approximate surface area is 86.8 Å². The van der Waals surface area contributed by atoms with Crippen LogP contribution < -0.4 is 5.43 Å². The average Bonchev–Trinajstić information content (AvgIpc) is 2.27. The molecule has 0 aliphatic carbocycles. The first kappa shape index (κ1) is 11.5. The minimum absolute atomic E-state index is 0.128. The molecule has 1 N–H and O–H groups in total. The maximum atomic E-state index is 11.7. The van der Waals surface area contributed by atoms with Gasteiger partial charge in [-0.3, -0.25) is 9.80 Å². The van der Waals surface area contributed by atoms with Crippen molar-refractivity contribution in [3.8, 4) is 0 Å². The third kappa shape index (κ3) is 2.27. The Morgan fingerprint density at radius 2 is 1.71 bits per heavy atom. The molecular weight excluding hydrogens is 176 g/mol. The second-order valence-corrected chi connectivity index (χ2v) is 6.15. The SMILES string of the molecule is CC(C)(C)C1CC(=O)N(C(C)(C)C)N1. The molecule has 3 heteroatoms. The van der Waals surface area contributed by atoms with Gasteiger partial charge in [-0.2, -0.15) is 0 Å². The molecule has 14 heavy (non-hydrogen) atoms. The Morgan fingerprint density at radius 3 is 1.93 bits per heavy atom. The number of hydrogen-bond donors (Lipinski definition) is 1. The normalized spacial score (nSPS) is 24.6. The summed E-state index contributed by atoms with van der Waals surface area (Å²) in [5.74, 6) is 0.206. The summed E-state index contributed by atoms with van der Waals surface area (Å²) in [5.41, 5.74) is 3.31. The first-order valence-corrected chi connectivity index (χ1v) is 5.21. The maximum absolute atomic E-state index is 11.7. The smallest absolute Gasteiger partial charge is 0.238 e. The molecule has 1 amide bonds. The zero-order valence-corrected chi connectivity index (χ0v) is 10.1. The van der Waals surface area contributed by atoms with Crippen LogP contribution in [0.2, 0.25) is 0 Å². The van der Waals surface area contributed by atoms with Crippen LogP contribution in [0.15, 0.2) is 0 Å². The van der Waals surface area contributed by atoms with Crippen LogP contribution in [-0.4, -0.2) is 22.5 Å². The third-order valence-corrected chi connectivity index (χ3v) is 2.63. The lowest BCUT2D eigenvalue weighted by molar-refractivity contribution is -0.134. The van der Waals surface area contributed by atoms with Gasteiger partial charge in [0.2, 0.25) is 5.91 Å². The highest BCUT2D eigenvalue weighted by molar-refractivity contribution is 5.79. The van der Waals surface area contributed by atoms with Crippen molar-refractivity contribution < 1.29 is 4.79 Å². The van der Waals surface area contributed by atoms with E-state index in [9.17, 15) is 4.79 Å². The summed E-state index contributed by atoms with van der Waals surface area (Å²) in [6.07, 6.45) is 0.612. The predicted molar refractivity (Wildman–Crippen MR) is 57.6 cm³/mol. The molecule has 1 aliphatic rings. The highest BCUT2D eigenvalue weighted by Crippen LogP contribution is 2.29. The first-order valence-electron chi connectivity index (χ1n) is 5.21. The molecule has 0 aromatic carbocycles. The van der Waals surface area contributed by atoms with Crippen LogP contribution in [0.4, 0.5) is 0 Å². The third-order valence-electron chi connectivity index (χ3n) is 2.63. The summed E-state index contributed by atoms with van der Waals surface area (Å²) < 4.78 is 0. The summed E-state index contributed by atoms with van der Waals surface area (Å²) in [6.45, 7) is 12.6. The zero-order valence-electron chi connectivity index (χ0n) is 10.1. The fourth-order valence-electron chi connectivity index (χ4n) is 1.61. The van der Waals surface area contributed by atoms with Gasteiger partial charge in [-0.1, -0.05) is 20.8 Å². The van der Waals surface area contributed by atoms with Crippen LogP contribution in [0.25, 0.3) is 0 Å². The van der Waals surface area contributed by atoms with Crippen molar-refractivity contribution in [1.29, 1.82) is 0 Å². The predicted octanol–water partition coefficient (Wildman–Crippen LogP) is 1.94. The Bertz CT molecular complexity index is 235. The number of carbonyl (C=O) groups is 1. The van der Waals surface area contributed by atoms with Gasteiger partial charge in [-0.15, -0.1) is 0 Å². The van der Waals surface area contributed by atoms with Gasteiger partial charge in [0.05, 0.1) is 5.54 Å². The first-order chi connectivity index (χ1) is 6.12. The summed E-state index contributed by atoms with van der Waals surface area (Å²) in [5, 5.41) is 1.77. The van der Waals surface area contributed by atoms with Crippen molar-refractivity contribution in [2.24, 2.45) is 5.41 Å². The van der Waals surface area contributed by atoms with Crippen LogP contribution in [0.5, 0.6) is 0 Å². The van der Waals surface area contributed by atoms with Crippen LogP contribution in [0.3, 0.4) is 0 Å². The van der Waals surface area contributed by atoms with E-state index in [2.05, 4.69) is 26.2 Å². The highest BCUT2D eigenvalue weighted by Gasteiger charge is 2.40. The lowest BCUT2D eigenvalue weighted by Crippen LogP contribution is -2.51. The number of nitrogens with one attached hydrogen (secondary N) is 1. The van der Waals surface area contributed by atoms with Crippen molar-refractivity contribution in [2.75, 3.05) is 0 Å². The Morgan fingerprint density at radius 1 is 1.21 bits per heavy atom. The summed E-state index contributed by atoms with van der Waals surface area (Å²) >= 11 is 0. The van der Waals surface area contributed by atoms with Gasteiger partial charge >= 0.3 is 0 Å². The van der Waals surface area contributed by atoms with E-state index < -0.39 is 0 Å². The number of hydrogen-bond acceptors (Lipinski definition) is 2. The lowest BCUT2D eigenvalue weighted by atomic mass is 9.86. The number of hydrazine groups is 1. The molecule has 1 rings (SSSR count). The molecule has 1 fully saturated rings. The molecule has 82 valence electrons. The van der Waals surface area contributed by atoms with E-state index in [4.69, 9.17) is 0 Å². The quantitative estimate of drug-likeness (QED) is 0.645. The minimum Gasteiger partial charge on any atom is -0.273 e. The molecule has 0 bridgehead atoms. The van der Waals surface area contributed by atoms with Crippen molar-refractivity contribution in [2.45, 2.75) is 59.5 Å². The second-order valence-electron chi connectivity index (χ2n) is 6.15. The van der Waals surface area contributed by atoms with Crippen LogP contribution in [0, 0.1) is 5.41 Å². The summed E-state index contributed by atoms with van der Waals surface area (Å²) in [7, 11) is 0. The van der Waals surface area contributed by atoms with Gasteiger partial charge in [0.25, 0.3) is 0 Å². The largest absolute Gasteiger partial charge is 0.273 e. The van der Waals surface area contributed by atoms with E-state index in [1.165, 1.54) is 0 Å². The van der Waals surface area contributed by atoms with Crippen LogP contribution >= 0.6 is 0 Å². The molecule has 3 nitrogen and oxygen atoms in total. The Balaban J connectivity index is 2.75. The molecule has 1 saturated heterocycles. The van der Waals surface area contributed by atoms with Crippen molar-refractivity contribution >= 4 is 5.91 Å². The van der Waals surface area contributed by atoms with Crippen LogP contribution in [-0.2, 0) is 4.79 Å². The van der Waals surface area contributed by atoms with E-state index in [1.807, 2.05) is 20.8 Å². The Kier molecular flexibility index (Phi) is 2.65. The maximum Gasteiger partial charge on any atom is 0.238 e. The van der Waals surface area contributed by atoms with E-state index >= 15 is 0 Å². The topological polar surface area (TPSA) is 32.3 Å². The summed E-state index contributed by atoms with van der Waals surface area (Å²) in [4.78, 5) is 11.7. The molecule has 1 heterocycles. The Hall–Kier alpha value is -0.570. The molecular formula is C11H22N2O. The van der Waals surface area contributed by atoms with E-state index in [0.717, 1.165) is 0 Å². The molecule has 1 atom stereocenters. The van der Waals surface area contributed by atoms with Gasteiger partial charge < -0.3 is 0 Å². The number of amides is 1. The van der Waals surface area contributed by atoms with E-state index in [1.54, 1.807) is 5.01 Å². The number of rotatable bonds is 0. The van der Waals surface area contributed by atoms with E-state index in [-0.39, 0.29) is 22.9 Å².